The number of halogens is 2. The molecule has 5 heteroatoms. The van der Waals surface area contributed by atoms with Crippen molar-refractivity contribution in [2.75, 3.05) is 5.73 Å². The van der Waals surface area contributed by atoms with Crippen LogP contribution in [0.15, 0.2) is 24.4 Å². The van der Waals surface area contributed by atoms with Crippen LogP contribution >= 0.6 is 11.6 Å². The van der Waals surface area contributed by atoms with Gasteiger partial charge < -0.3 is 5.73 Å². The van der Waals surface area contributed by atoms with Crippen LogP contribution in [0.1, 0.15) is 13.3 Å². The molecule has 3 nitrogen and oxygen atoms in total. The lowest BCUT2D eigenvalue weighted by molar-refractivity contribution is 0.607. The molecule has 0 bridgehead atoms. The van der Waals surface area contributed by atoms with Crippen molar-refractivity contribution in [2.24, 2.45) is 0 Å². The monoisotopic (exact) mass is 253 g/mol. The zero-order valence-electron chi connectivity index (χ0n) is 9.45. The van der Waals surface area contributed by atoms with Crippen molar-refractivity contribution in [3.05, 3.63) is 35.2 Å². The first-order valence-electron chi connectivity index (χ1n) is 5.40. The fraction of sp³-hybridized carbons (Fsp3) is 0.250. The molecule has 1 aromatic heterocycles. The summed E-state index contributed by atoms with van der Waals surface area (Å²) in [7, 11) is 0. The summed E-state index contributed by atoms with van der Waals surface area (Å²) in [6, 6.07) is 4.39. The summed E-state index contributed by atoms with van der Waals surface area (Å²) in [6.07, 6.45) is 2.61. The summed E-state index contributed by atoms with van der Waals surface area (Å²) in [4.78, 5) is 0. The summed E-state index contributed by atoms with van der Waals surface area (Å²) in [5, 5.41) is 4.40. The molecule has 17 heavy (non-hydrogen) atoms. The highest BCUT2D eigenvalue weighted by Crippen LogP contribution is 2.32. The van der Waals surface area contributed by atoms with Crippen molar-refractivity contribution >= 4 is 17.3 Å². The first kappa shape index (κ1) is 11.9. The van der Waals surface area contributed by atoms with Gasteiger partial charge in [0.1, 0.15) is 5.82 Å². The standard InChI is InChI=1S/C12H13ClFN3/c1-2-5-17-11(3-4-16-17)9-6-8(14)7-10(13)12(9)15/h3-4,6-7H,2,5,15H2,1H3. The number of aryl methyl sites for hydroxylation is 1. The fourth-order valence-electron chi connectivity index (χ4n) is 1.75. The number of nitrogen functional groups attached to an aromatic ring is 1. The second-order valence-electron chi connectivity index (χ2n) is 3.79. The molecule has 0 saturated heterocycles. The number of anilines is 1. The smallest absolute Gasteiger partial charge is 0.125 e. The minimum Gasteiger partial charge on any atom is -0.397 e. The number of hydrogen-bond donors (Lipinski definition) is 1. The molecule has 2 rings (SSSR count). The van der Waals surface area contributed by atoms with Crippen molar-refractivity contribution in [3.63, 3.8) is 0 Å². The average Bonchev–Trinajstić information content (AvgIpc) is 2.72. The third-order valence-electron chi connectivity index (χ3n) is 2.52. The number of rotatable bonds is 3. The maximum absolute atomic E-state index is 13.3. The highest BCUT2D eigenvalue weighted by atomic mass is 35.5. The minimum atomic E-state index is -0.400. The first-order valence-corrected chi connectivity index (χ1v) is 5.78. The van der Waals surface area contributed by atoms with E-state index in [9.17, 15) is 4.39 Å². The van der Waals surface area contributed by atoms with E-state index < -0.39 is 5.82 Å². The lowest BCUT2D eigenvalue weighted by Crippen LogP contribution is -2.03. The van der Waals surface area contributed by atoms with Gasteiger partial charge in [-0.15, -0.1) is 0 Å². The van der Waals surface area contributed by atoms with Crippen molar-refractivity contribution in [3.8, 4) is 11.3 Å². The van der Waals surface area contributed by atoms with Crippen LogP contribution in [-0.2, 0) is 6.54 Å². The molecule has 0 saturated carbocycles. The Balaban J connectivity index is 2.56. The maximum Gasteiger partial charge on any atom is 0.125 e. The topological polar surface area (TPSA) is 43.8 Å². The van der Waals surface area contributed by atoms with Crippen LogP contribution in [0.4, 0.5) is 10.1 Å². The molecule has 90 valence electrons. The predicted molar refractivity (Wildman–Crippen MR) is 67.3 cm³/mol. The molecule has 0 aliphatic heterocycles. The lowest BCUT2D eigenvalue weighted by atomic mass is 10.1. The summed E-state index contributed by atoms with van der Waals surface area (Å²) in [5.41, 5.74) is 7.62. The Bertz CT molecular complexity index is 537. The molecule has 0 aliphatic carbocycles. The van der Waals surface area contributed by atoms with Gasteiger partial charge in [0.15, 0.2) is 0 Å². The molecule has 0 atom stereocenters. The molecule has 0 fully saturated rings. The van der Waals surface area contributed by atoms with Crippen LogP contribution in [-0.4, -0.2) is 9.78 Å². The summed E-state index contributed by atoms with van der Waals surface area (Å²) in [6.45, 7) is 2.81. The van der Waals surface area contributed by atoms with E-state index in [1.54, 1.807) is 16.9 Å². The Morgan fingerprint density at radius 3 is 2.94 bits per heavy atom. The Morgan fingerprint density at radius 1 is 1.47 bits per heavy atom. The molecule has 2 N–H and O–H groups in total. The first-order chi connectivity index (χ1) is 8.13. The number of aromatic nitrogens is 2. The van der Waals surface area contributed by atoms with Gasteiger partial charge in [-0.05, 0) is 24.6 Å². The largest absolute Gasteiger partial charge is 0.397 e. The van der Waals surface area contributed by atoms with Crippen molar-refractivity contribution < 1.29 is 4.39 Å². The molecule has 0 spiro atoms. The van der Waals surface area contributed by atoms with Crippen LogP contribution in [0, 0.1) is 5.82 Å². The molecular formula is C12H13ClFN3. The summed E-state index contributed by atoms with van der Waals surface area (Å²) < 4.78 is 15.1. The van der Waals surface area contributed by atoms with E-state index in [4.69, 9.17) is 17.3 Å². The third kappa shape index (κ3) is 2.26. The van der Waals surface area contributed by atoms with Gasteiger partial charge in [0.05, 0.1) is 16.4 Å². The molecule has 1 heterocycles. The second-order valence-corrected chi connectivity index (χ2v) is 4.20. The van der Waals surface area contributed by atoms with Gasteiger partial charge in [0.25, 0.3) is 0 Å². The zero-order valence-corrected chi connectivity index (χ0v) is 10.2. The van der Waals surface area contributed by atoms with E-state index >= 15 is 0 Å². The summed E-state index contributed by atoms with van der Waals surface area (Å²) >= 11 is 5.87. The van der Waals surface area contributed by atoms with Crippen LogP contribution < -0.4 is 5.73 Å². The van der Waals surface area contributed by atoms with Gasteiger partial charge in [0, 0.05) is 18.3 Å². The van der Waals surface area contributed by atoms with Gasteiger partial charge in [-0.2, -0.15) is 5.10 Å². The normalized spacial score (nSPS) is 10.8. The van der Waals surface area contributed by atoms with E-state index in [-0.39, 0.29) is 5.02 Å². The quantitative estimate of drug-likeness (QED) is 0.853. The number of nitrogens with two attached hydrogens (primary N) is 1. The maximum atomic E-state index is 13.3. The predicted octanol–water partition coefficient (Wildman–Crippen LogP) is 3.33. The average molecular weight is 254 g/mol. The molecule has 0 amide bonds. The Labute approximate surface area is 104 Å². The molecule has 1 aromatic carbocycles. The van der Waals surface area contributed by atoms with E-state index in [2.05, 4.69) is 5.10 Å². The van der Waals surface area contributed by atoms with E-state index in [0.29, 0.717) is 11.3 Å². The number of nitrogens with zero attached hydrogens (tertiary/aromatic N) is 2. The van der Waals surface area contributed by atoms with Crippen LogP contribution in [0.3, 0.4) is 0 Å². The van der Waals surface area contributed by atoms with Gasteiger partial charge >= 0.3 is 0 Å². The van der Waals surface area contributed by atoms with Gasteiger partial charge in [0.2, 0.25) is 0 Å². The van der Waals surface area contributed by atoms with Crippen molar-refractivity contribution in [1.29, 1.82) is 0 Å². The third-order valence-corrected chi connectivity index (χ3v) is 2.83. The van der Waals surface area contributed by atoms with Gasteiger partial charge in [-0.3, -0.25) is 4.68 Å². The molecule has 2 aromatic rings. The highest BCUT2D eigenvalue weighted by Gasteiger charge is 2.12. The minimum absolute atomic E-state index is 0.226. The number of benzene rings is 1. The number of hydrogen-bond acceptors (Lipinski definition) is 2. The van der Waals surface area contributed by atoms with Crippen LogP contribution in [0.25, 0.3) is 11.3 Å². The lowest BCUT2D eigenvalue weighted by Gasteiger charge is -2.10. The second kappa shape index (κ2) is 4.75. The highest BCUT2D eigenvalue weighted by molar-refractivity contribution is 6.33. The zero-order chi connectivity index (χ0) is 12.4. The van der Waals surface area contributed by atoms with Gasteiger partial charge in [-0.25, -0.2) is 4.39 Å². The molecular weight excluding hydrogens is 241 g/mol. The van der Waals surface area contributed by atoms with E-state index in [0.717, 1.165) is 18.7 Å². The fourth-order valence-corrected chi connectivity index (χ4v) is 1.95. The Morgan fingerprint density at radius 2 is 2.24 bits per heavy atom. The van der Waals surface area contributed by atoms with Crippen LogP contribution in [0.5, 0.6) is 0 Å². The van der Waals surface area contributed by atoms with Crippen LogP contribution in [0.2, 0.25) is 5.02 Å². The Hall–Kier alpha value is -1.55. The molecule has 0 aliphatic rings. The molecule has 0 radical (unpaired) electrons. The van der Waals surface area contributed by atoms with E-state index in [1.807, 2.05) is 6.92 Å². The van der Waals surface area contributed by atoms with Gasteiger partial charge in [-0.1, -0.05) is 18.5 Å². The SMILES string of the molecule is CCCn1nccc1-c1cc(F)cc(Cl)c1N. The van der Waals surface area contributed by atoms with E-state index in [1.165, 1.54) is 12.1 Å². The Kier molecular flexibility index (Phi) is 3.33. The van der Waals surface area contributed by atoms with Crippen molar-refractivity contribution in [1.82, 2.24) is 9.78 Å². The molecule has 0 unspecified atom stereocenters. The van der Waals surface area contributed by atoms with Crippen molar-refractivity contribution in [2.45, 2.75) is 19.9 Å². The summed E-state index contributed by atoms with van der Waals surface area (Å²) in [5.74, 6) is -0.400.